The van der Waals surface area contributed by atoms with Crippen LogP contribution in [-0.4, -0.2) is 36.5 Å². The molecule has 3 aromatic carbocycles. The number of benzene rings is 3. The summed E-state index contributed by atoms with van der Waals surface area (Å²) in [5, 5.41) is 0. The Labute approximate surface area is 254 Å². The molecule has 42 heavy (non-hydrogen) atoms. The van der Waals surface area contributed by atoms with Crippen LogP contribution in [0.15, 0.2) is 127 Å². The standard InChI is InChI=1S/C40H47N2/c1-7-41(8-2)37-27-23-35(24-28-37)40(36-25-29-38(30-26-36)42(9-3)10-4)14-12-11-13-39(33-19-15-31(5)16-20-33)34-21-17-32(6)18-22-34/h11-30,39H,7-10H2,1-6H3/q+1. The molecule has 1 aliphatic rings. The molecule has 0 amide bonds. The van der Waals surface area contributed by atoms with Gasteiger partial charge in [-0.25, -0.2) is 4.58 Å². The van der Waals surface area contributed by atoms with Gasteiger partial charge in [0, 0.05) is 36.8 Å². The minimum atomic E-state index is 0.195. The van der Waals surface area contributed by atoms with Crippen molar-refractivity contribution in [2.45, 2.75) is 47.5 Å². The molecule has 4 rings (SSSR count). The van der Waals surface area contributed by atoms with E-state index in [9.17, 15) is 0 Å². The molecule has 0 atom stereocenters. The first-order valence-electron chi connectivity index (χ1n) is 15.5. The second-order valence-electron chi connectivity index (χ2n) is 10.9. The average Bonchev–Trinajstić information content (AvgIpc) is 3.02. The van der Waals surface area contributed by atoms with E-state index in [2.05, 4.69) is 172 Å². The molecule has 0 radical (unpaired) electrons. The molecule has 216 valence electrons. The van der Waals surface area contributed by atoms with Crippen LogP contribution in [0.3, 0.4) is 0 Å². The Bertz CT molecular complexity index is 1420. The molecule has 0 fully saturated rings. The number of nitrogens with zero attached hydrogens (tertiary/aromatic N) is 2. The third kappa shape index (κ3) is 7.76. The summed E-state index contributed by atoms with van der Waals surface area (Å²) in [4.78, 5) is 2.39. The fraction of sp³-hybridized carbons (Fsp3) is 0.275. The molecule has 2 nitrogen and oxygen atoms in total. The van der Waals surface area contributed by atoms with E-state index in [0.717, 1.165) is 26.2 Å². The van der Waals surface area contributed by atoms with Gasteiger partial charge in [-0.05, 0) is 93.7 Å². The van der Waals surface area contributed by atoms with Crippen LogP contribution in [0.1, 0.15) is 61.4 Å². The van der Waals surface area contributed by atoms with Crippen LogP contribution in [0.4, 0.5) is 5.69 Å². The van der Waals surface area contributed by atoms with Crippen molar-refractivity contribution in [3.63, 3.8) is 0 Å². The highest BCUT2D eigenvalue weighted by atomic mass is 15.1. The predicted molar refractivity (Wildman–Crippen MR) is 184 cm³/mol. The van der Waals surface area contributed by atoms with Gasteiger partial charge in [-0.3, -0.25) is 0 Å². The van der Waals surface area contributed by atoms with E-state index < -0.39 is 0 Å². The normalized spacial score (nSPS) is 13.1. The minimum Gasteiger partial charge on any atom is -0.372 e. The summed E-state index contributed by atoms with van der Waals surface area (Å²) in [5.41, 5.74) is 11.4. The maximum atomic E-state index is 2.39. The van der Waals surface area contributed by atoms with E-state index in [1.165, 1.54) is 50.4 Å². The molecule has 3 aromatic rings. The van der Waals surface area contributed by atoms with Gasteiger partial charge in [0.1, 0.15) is 13.1 Å². The Hall–Kier alpha value is -4.17. The van der Waals surface area contributed by atoms with E-state index >= 15 is 0 Å². The van der Waals surface area contributed by atoms with Crippen LogP contribution in [0.5, 0.6) is 0 Å². The van der Waals surface area contributed by atoms with Gasteiger partial charge in [0.2, 0.25) is 0 Å². The average molecular weight is 556 g/mol. The maximum absolute atomic E-state index is 2.39. The van der Waals surface area contributed by atoms with Gasteiger partial charge in [0.05, 0.1) is 0 Å². The third-order valence-electron chi connectivity index (χ3n) is 8.16. The molecule has 0 aliphatic heterocycles. The highest BCUT2D eigenvalue weighted by Crippen LogP contribution is 2.29. The van der Waals surface area contributed by atoms with Gasteiger partial charge in [-0.15, -0.1) is 0 Å². The van der Waals surface area contributed by atoms with Crippen LogP contribution >= 0.6 is 0 Å². The number of hydrogen-bond donors (Lipinski definition) is 0. The van der Waals surface area contributed by atoms with Crippen LogP contribution in [0.25, 0.3) is 5.57 Å². The third-order valence-corrected chi connectivity index (χ3v) is 8.16. The summed E-state index contributed by atoms with van der Waals surface area (Å²) < 4.78 is 2.39. The van der Waals surface area contributed by atoms with E-state index in [4.69, 9.17) is 0 Å². The molecule has 0 saturated heterocycles. The lowest BCUT2D eigenvalue weighted by atomic mass is 9.90. The number of anilines is 1. The SMILES string of the molecule is CCN(CC)c1ccc(C(C=CC=CC(c2ccc(C)cc2)c2ccc(C)cc2)=C2C=CC(=[N+](CC)CC)C=C2)cc1. The van der Waals surface area contributed by atoms with Crippen molar-refractivity contribution in [1.82, 2.24) is 0 Å². The zero-order valence-electron chi connectivity index (χ0n) is 26.3. The Morgan fingerprint density at radius 3 is 1.67 bits per heavy atom. The largest absolute Gasteiger partial charge is 0.372 e. The Kier molecular flexibility index (Phi) is 11.1. The molecule has 2 heteroatoms. The summed E-state index contributed by atoms with van der Waals surface area (Å²) in [7, 11) is 0. The molecule has 0 spiro atoms. The lowest BCUT2D eigenvalue weighted by molar-refractivity contribution is -0.519. The van der Waals surface area contributed by atoms with Crippen LogP contribution < -0.4 is 4.90 Å². The van der Waals surface area contributed by atoms with Crippen molar-refractivity contribution in [3.05, 3.63) is 155 Å². The first kappa shape index (κ1) is 30.8. The molecule has 1 aliphatic carbocycles. The molecular formula is C40H47N2+. The van der Waals surface area contributed by atoms with Crippen molar-refractivity contribution >= 4 is 17.0 Å². The Morgan fingerprint density at radius 2 is 1.19 bits per heavy atom. The molecule has 0 saturated carbocycles. The second-order valence-corrected chi connectivity index (χ2v) is 10.9. The molecule has 0 aromatic heterocycles. The fourth-order valence-electron chi connectivity index (χ4n) is 5.53. The topological polar surface area (TPSA) is 6.25 Å². The highest BCUT2D eigenvalue weighted by Gasteiger charge is 2.13. The zero-order valence-corrected chi connectivity index (χ0v) is 26.3. The molecule has 0 heterocycles. The van der Waals surface area contributed by atoms with Crippen molar-refractivity contribution < 1.29 is 4.58 Å². The summed E-state index contributed by atoms with van der Waals surface area (Å²) in [6.07, 6.45) is 18.0. The number of hydrogen-bond acceptors (Lipinski definition) is 1. The van der Waals surface area contributed by atoms with Crippen LogP contribution in [0, 0.1) is 13.8 Å². The summed E-state index contributed by atoms with van der Waals surface area (Å²) in [6, 6.07) is 26.8. The lowest BCUT2D eigenvalue weighted by Gasteiger charge is -2.21. The molecular weight excluding hydrogens is 508 g/mol. The first-order chi connectivity index (χ1) is 20.5. The van der Waals surface area contributed by atoms with Gasteiger partial charge in [-0.1, -0.05) is 96.1 Å². The predicted octanol–water partition coefficient (Wildman–Crippen LogP) is 9.47. The van der Waals surface area contributed by atoms with Gasteiger partial charge in [0.25, 0.3) is 0 Å². The van der Waals surface area contributed by atoms with Gasteiger partial charge >= 0.3 is 0 Å². The van der Waals surface area contributed by atoms with Gasteiger partial charge in [0.15, 0.2) is 5.71 Å². The first-order valence-corrected chi connectivity index (χ1v) is 15.5. The highest BCUT2D eigenvalue weighted by molar-refractivity contribution is 6.03. The Morgan fingerprint density at radius 1 is 0.667 bits per heavy atom. The van der Waals surface area contributed by atoms with E-state index in [1.807, 2.05) is 0 Å². The van der Waals surface area contributed by atoms with Crippen molar-refractivity contribution in [1.29, 1.82) is 0 Å². The van der Waals surface area contributed by atoms with Crippen LogP contribution in [-0.2, 0) is 0 Å². The minimum absolute atomic E-state index is 0.195. The number of rotatable bonds is 11. The second kappa shape index (κ2) is 15.2. The van der Waals surface area contributed by atoms with E-state index in [0.29, 0.717) is 0 Å². The van der Waals surface area contributed by atoms with E-state index in [-0.39, 0.29) is 5.92 Å². The number of aryl methyl sites for hydroxylation is 2. The Balaban J connectivity index is 1.70. The van der Waals surface area contributed by atoms with Crippen molar-refractivity contribution in [2.24, 2.45) is 0 Å². The van der Waals surface area contributed by atoms with Gasteiger partial charge < -0.3 is 4.90 Å². The van der Waals surface area contributed by atoms with E-state index in [1.54, 1.807) is 0 Å². The number of allylic oxidation sites excluding steroid dienone is 10. The maximum Gasteiger partial charge on any atom is 0.199 e. The molecule has 0 N–H and O–H groups in total. The van der Waals surface area contributed by atoms with Crippen LogP contribution in [0.2, 0.25) is 0 Å². The molecule has 0 bridgehead atoms. The van der Waals surface area contributed by atoms with Crippen molar-refractivity contribution in [3.8, 4) is 0 Å². The smallest absolute Gasteiger partial charge is 0.199 e. The van der Waals surface area contributed by atoms with Gasteiger partial charge in [-0.2, -0.15) is 0 Å². The zero-order chi connectivity index (χ0) is 29.9. The summed E-state index contributed by atoms with van der Waals surface area (Å²) >= 11 is 0. The summed E-state index contributed by atoms with van der Waals surface area (Å²) in [5.74, 6) is 0.195. The monoisotopic (exact) mass is 555 g/mol. The van der Waals surface area contributed by atoms with Crippen molar-refractivity contribution in [2.75, 3.05) is 31.1 Å². The fourth-order valence-corrected chi connectivity index (χ4v) is 5.53. The molecule has 0 unspecified atom stereocenters. The lowest BCUT2D eigenvalue weighted by Crippen LogP contribution is -2.21. The quantitative estimate of drug-likeness (QED) is 0.169. The summed E-state index contributed by atoms with van der Waals surface area (Å²) in [6.45, 7) is 17.2.